The highest BCUT2D eigenvalue weighted by Crippen LogP contribution is 2.37. The summed E-state index contributed by atoms with van der Waals surface area (Å²) in [5.41, 5.74) is 0.177. The smallest absolute Gasteiger partial charge is 0.283 e. The summed E-state index contributed by atoms with van der Waals surface area (Å²) in [4.78, 5) is 16.3. The van der Waals surface area contributed by atoms with Crippen LogP contribution in [0.4, 0.5) is 4.39 Å². The van der Waals surface area contributed by atoms with E-state index in [1.54, 1.807) is 31.2 Å². The van der Waals surface area contributed by atoms with Crippen molar-refractivity contribution in [2.75, 3.05) is 0 Å². The van der Waals surface area contributed by atoms with Gasteiger partial charge in [0.2, 0.25) is 0 Å². The van der Waals surface area contributed by atoms with Gasteiger partial charge in [-0.3, -0.25) is 4.79 Å². The summed E-state index contributed by atoms with van der Waals surface area (Å²) < 4.78 is 14.2. The van der Waals surface area contributed by atoms with Gasteiger partial charge in [0, 0.05) is 21.2 Å². The molecule has 3 nitrogen and oxygen atoms in total. The minimum atomic E-state index is -0.727. The number of nitrogens with zero attached hydrogens (tertiary/aromatic N) is 1. The molecule has 1 N–H and O–H groups in total. The van der Waals surface area contributed by atoms with Crippen LogP contribution in [0.25, 0.3) is 21.7 Å². The number of aromatic hydroxyl groups is 1. The highest BCUT2D eigenvalue weighted by atomic mass is 35.5. The average molecular weight is 382 g/mol. The lowest BCUT2D eigenvalue weighted by molar-refractivity contribution is 0.490. The number of hydrogen-bond donors (Lipinski definition) is 1. The summed E-state index contributed by atoms with van der Waals surface area (Å²) in [7, 11) is 0. The van der Waals surface area contributed by atoms with Gasteiger partial charge in [0.05, 0.1) is 0 Å². The van der Waals surface area contributed by atoms with Crippen LogP contribution in [0.3, 0.4) is 0 Å². The van der Waals surface area contributed by atoms with E-state index in [1.807, 2.05) is 0 Å². The normalized spacial score (nSPS) is 10.8. The fourth-order valence-electron chi connectivity index (χ4n) is 2.19. The van der Waals surface area contributed by atoms with Gasteiger partial charge in [0.15, 0.2) is 5.06 Å². The summed E-state index contributed by atoms with van der Waals surface area (Å²) in [6.07, 6.45) is 0. The van der Waals surface area contributed by atoms with Crippen molar-refractivity contribution in [3.63, 3.8) is 0 Å². The Hall–Kier alpha value is -1.95. The lowest BCUT2D eigenvalue weighted by Crippen LogP contribution is -2.10. The van der Waals surface area contributed by atoms with E-state index in [1.165, 1.54) is 12.1 Å². The van der Waals surface area contributed by atoms with E-state index in [0.29, 0.717) is 26.2 Å². The molecule has 0 saturated carbocycles. The quantitative estimate of drug-likeness (QED) is 0.655. The van der Waals surface area contributed by atoms with Crippen LogP contribution >= 0.6 is 34.5 Å². The molecule has 3 aromatic rings. The van der Waals surface area contributed by atoms with E-state index in [4.69, 9.17) is 23.2 Å². The van der Waals surface area contributed by atoms with Crippen molar-refractivity contribution in [3.05, 3.63) is 68.2 Å². The zero-order valence-electron chi connectivity index (χ0n) is 12.3. The Balaban J connectivity index is 2.17. The van der Waals surface area contributed by atoms with Gasteiger partial charge in [-0.25, -0.2) is 4.39 Å². The number of aryl methyl sites for hydroxylation is 1. The van der Waals surface area contributed by atoms with Crippen LogP contribution in [-0.2, 0) is 0 Å². The second kappa shape index (κ2) is 6.51. The van der Waals surface area contributed by atoms with Crippen molar-refractivity contribution < 1.29 is 9.50 Å². The molecule has 0 saturated heterocycles. The minimum Gasteiger partial charge on any atom is -0.499 e. The molecule has 1 aromatic heterocycles. The predicted molar refractivity (Wildman–Crippen MR) is 95.6 cm³/mol. The Morgan fingerprint density at radius 1 is 1.17 bits per heavy atom. The first-order valence-corrected chi connectivity index (χ1v) is 8.40. The monoisotopic (exact) mass is 381 g/mol. The summed E-state index contributed by atoms with van der Waals surface area (Å²) in [5, 5.41) is 11.1. The molecule has 1 heterocycles. The SMILES string of the molecule is Cc1cc(F)c(-c2c(O)sc(-c3ccc(Cl)cc3)nc2=O)cc1Cl. The fourth-order valence-corrected chi connectivity index (χ4v) is 3.34. The lowest BCUT2D eigenvalue weighted by Gasteiger charge is -2.08. The van der Waals surface area contributed by atoms with Crippen LogP contribution in [0.15, 0.2) is 41.2 Å². The molecule has 3 rings (SSSR count). The second-order valence-corrected chi connectivity index (χ2v) is 6.91. The van der Waals surface area contributed by atoms with Crippen LogP contribution in [-0.4, -0.2) is 10.1 Å². The molecular weight excluding hydrogens is 372 g/mol. The predicted octanol–water partition coefficient (Wildman–Crippen LogP) is 5.30. The molecule has 0 spiro atoms. The van der Waals surface area contributed by atoms with Crippen LogP contribution in [0.5, 0.6) is 5.06 Å². The molecule has 7 heteroatoms. The molecule has 0 bridgehead atoms. The highest BCUT2D eigenvalue weighted by molar-refractivity contribution is 7.16. The lowest BCUT2D eigenvalue weighted by atomic mass is 10.1. The summed E-state index contributed by atoms with van der Waals surface area (Å²) in [5.74, 6) is -0.641. The first-order valence-electron chi connectivity index (χ1n) is 6.83. The van der Waals surface area contributed by atoms with Crippen molar-refractivity contribution in [2.24, 2.45) is 0 Å². The molecule has 2 aromatic carbocycles. The molecule has 0 aliphatic heterocycles. The summed E-state index contributed by atoms with van der Waals surface area (Å²) in [6, 6.07) is 9.21. The molecule has 122 valence electrons. The molecule has 0 aliphatic carbocycles. The van der Waals surface area contributed by atoms with Crippen molar-refractivity contribution in [1.82, 2.24) is 4.98 Å². The Morgan fingerprint density at radius 2 is 1.83 bits per heavy atom. The maximum absolute atomic E-state index is 14.2. The molecule has 0 unspecified atom stereocenters. The molecule has 0 fully saturated rings. The van der Waals surface area contributed by atoms with Gasteiger partial charge < -0.3 is 5.11 Å². The molecule has 0 atom stereocenters. The molecule has 24 heavy (non-hydrogen) atoms. The third-order valence-electron chi connectivity index (χ3n) is 3.43. The summed E-state index contributed by atoms with van der Waals surface area (Å²) >= 11 is 12.7. The molecule has 0 amide bonds. The van der Waals surface area contributed by atoms with E-state index in [9.17, 15) is 14.3 Å². The summed E-state index contributed by atoms with van der Waals surface area (Å²) in [6.45, 7) is 1.65. The topological polar surface area (TPSA) is 50.2 Å². The van der Waals surface area contributed by atoms with Crippen LogP contribution in [0.2, 0.25) is 10.0 Å². The Morgan fingerprint density at radius 3 is 2.46 bits per heavy atom. The third-order valence-corrected chi connectivity index (χ3v) is 5.01. The van der Waals surface area contributed by atoms with Gasteiger partial charge >= 0.3 is 0 Å². The second-order valence-electron chi connectivity index (χ2n) is 5.09. The highest BCUT2D eigenvalue weighted by Gasteiger charge is 2.19. The van der Waals surface area contributed by atoms with Gasteiger partial charge in [-0.2, -0.15) is 4.98 Å². The number of hydrogen-bond acceptors (Lipinski definition) is 4. The van der Waals surface area contributed by atoms with Crippen molar-refractivity contribution in [1.29, 1.82) is 0 Å². The number of rotatable bonds is 2. The molecule has 0 radical (unpaired) electrons. The molecular formula is C17H10Cl2FNO2S. The van der Waals surface area contributed by atoms with Gasteiger partial charge in [-0.15, -0.1) is 0 Å². The first-order chi connectivity index (χ1) is 11.4. The molecule has 0 aliphatic rings. The van der Waals surface area contributed by atoms with E-state index in [-0.39, 0.29) is 16.2 Å². The van der Waals surface area contributed by atoms with Gasteiger partial charge in [-0.05, 0) is 36.8 Å². The fraction of sp³-hybridized carbons (Fsp3) is 0.0588. The zero-order chi connectivity index (χ0) is 17.4. The van der Waals surface area contributed by atoms with E-state index >= 15 is 0 Å². The third kappa shape index (κ3) is 3.15. The van der Waals surface area contributed by atoms with Crippen LogP contribution in [0.1, 0.15) is 5.56 Å². The van der Waals surface area contributed by atoms with Crippen molar-refractivity contribution >= 4 is 34.5 Å². The maximum Gasteiger partial charge on any atom is 0.283 e. The van der Waals surface area contributed by atoms with Crippen molar-refractivity contribution in [2.45, 2.75) is 6.92 Å². The van der Waals surface area contributed by atoms with Crippen molar-refractivity contribution in [3.8, 4) is 26.8 Å². The Labute approximate surface area is 151 Å². The largest absolute Gasteiger partial charge is 0.499 e. The average Bonchev–Trinajstić information content (AvgIpc) is 2.52. The number of aromatic nitrogens is 1. The van der Waals surface area contributed by atoms with Crippen LogP contribution in [0, 0.1) is 12.7 Å². The standard InChI is InChI=1S/C17H10Cl2FNO2S/c1-8-6-13(20)11(7-12(8)19)14-15(22)21-16(24-17(14)23)9-2-4-10(18)5-3-9/h2-7,23H,1H3. The minimum absolute atomic E-state index is 0.0699. The Kier molecular flexibility index (Phi) is 4.58. The van der Waals surface area contributed by atoms with Gasteiger partial charge in [0.25, 0.3) is 5.56 Å². The Bertz CT molecular complexity index is 987. The van der Waals surface area contributed by atoms with Crippen LogP contribution < -0.4 is 5.56 Å². The van der Waals surface area contributed by atoms with E-state index in [2.05, 4.69) is 4.98 Å². The van der Waals surface area contributed by atoms with Gasteiger partial charge in [0.1, 0.15) is 16.4 Å². The van der Waals surface area contributed by atoms with Gasteiger partial charge in [-0.1, -0.05) is 46.7 Å². The maximum atomic E-state index is 14.2. The first kappa shape index (κ1) is 16.9. The number of benzene rings is 2. The zero-order valence-corrected chi connectivity index (χ0v) is 14.6. The van der Waals surface area contributed by atoms with E-state index in [0.717, 1.165) is 11.3 Å². The number of halogens is 3. The van der Waals surface area contributed by atoms with E-state index < -0.39 is 11.4 Å².